The van der Waals surface area contributed by atoms with E-state index in [-0.39, 0.29) is 10.6 Å². The van der Waals surface area contributed by atoms with Gasteiger partial charge in [-0.1, -0.05) is 66.2 Å². The average Bonchev–Trinajstić information content (AvgIpc) is 2.64. The Morgan fingerprint density at radius 1 is 0.846 bits per heavy atom. The van der Waals surface area contributed by atoms with Gasteiger partial charge in [0.2, 0.25) is 0 Å². The van der Waals surface area contributed by atoms with E-state index < -0.39 is 16.1 Å². The summed E-state index contributed by atoms with van der Waals surface area (Å²) in [6.07, 6.45) is -1.56. The van der Waals surface area contributed by atoms with Gasteiger partial charge in [-0.25, -0.2) is 13.2 Å². The first-order chi connectivity index (χ1) is 12.4. The molecule has 0 bridgehead atoms. The molecule has 0 heterocycles. The molecule has 0 aliphatic rings. The van der Waals surface area contributed by atoms with Crippen molar-refractivity contribution in [3.63, 3.8) is 0 Å². The molecule has 0 aromatic heterocycles. The Labute approximate surface area is 152 Å². The van der Waals surface area contributed by atoms with Crippen molar-refractivity contribution < 1.29 is 18.3 Å². The van der Waals surface area contributed by atoms with Crippen molar-refractivity contribution in [1.29, 1.82) is 0 Å². The number of sulfonamides is 1. The Bertz CT molecular complexity index is 1030. The number of rotatable bonds is 4. The maximum atomic E-state index is 13.2. The van der Waals surface area contributed by atoms with E-state index in [4.69, 9.17) is 0 Å². The zero-order valence-electron chi connectivity index (χ0n) is 14.0. The molecule has 0 aliphatic heterocycles. The first kappa shape index (κ1) is 17.7. The van der Waals surface area contributed by atoms with E-state index in [0.29, 0.717) is 15.4 Å². The zero-order chi connectivity index (χ0) is 18.7. The number of amides is 1. The van der Waals surface area contributed by atoms with Crippen LogP contribution >= 0.6 is 0 Å². The molecule has 0 saturated heterocycles. The molecule has 5 nitrogen and oxygen atoms in total. The Morgan fingerprint density at radius 3 is 2.04 bits per heavy atom. The summed E-state index contributed by atoms with van der Waals surface area (Å²) in [5.74, 6) is 0. The molecule has 1 N–H and O–H groups in total. The molecule has 0 radical (unpaired) electrons. The van der Waals surface area contributed by atoms with E-state index in [2.05, 4.69) is 0 Å². The first-order valence-corrected chi connectivity index (χ1v) is 9.34. The fourth-order valence-electron chi connectivity index (χ4n) is 2.68. The molecule has 26 heavy (non-hydrogen) atoms. The smallest absolute Gasteiger partial charge is 0.426 e. The molecular formula is C20H17NO4S. The van der Waals surface area contributed by atoms with Crippen LogP contribution in [0.25, 0.3) is 11.1 Å². The molecular weight excluding hydrogens is 350 g/mol. The number of carbonyl (C=O) groups is 1. The van der Waals surface area contributed by atoms with Crippen molar-refractivity contribution in [2.75, 3.05) is 4.31 Å². The van der Waals surface area contributed by atoms with Crippen LogP contribution in [0.2, 0.25) is 0 Å². The lowest BCUT2D eigenvalue weighted by molar-refractivity contribution is 0.206. The van der Waals surface area contributed by atoms with Crippen LogP contribution in [-0.2, 0) is 10.0 Å². The number of carboxylic acid groups (broad SMARTS) is 1. The molecule has 3 aromatic carbocycles. The zero-order valence-corrected chi connectivity index (χ0v) is 14.8. The lowest BCUT2D eigenvalue weighted by atomic mass is 10.1. The minimum atomic E-state index is -4.31. The highest BCUT2D eigenvalue weighted by Gasteiger charge is 2.32. The van der Waals surface area contributed by atoms with Crippen LogP contribution in [0, 0.1) is 6.92 Å². The minimum absolute atomic E-state index is 0.0609. The molecule has 0 saturated carbocycles. The van der Waals surface area contributed by atoms with Gasteiger partial charge >= 0.3 is 6.09 Å². The molecule has 6 heteroatoms. The average molecular weight is 367 g/mol. The number of anilines is 1. The van der Waals surface area contributed by atoms with Gasteiger partial charge in [0.05, 0.1) is 10.6 Å². The van der Waals surface area contributed by atoms with E-state index in [1.807, 2.05) is 13.0 Å². The largest absolute Gasteiger partial charge is 0.464 e. The van der Waals surface area contributed by atoms with Crippen molar-refractivity contribution in [3.8, 4) is 11.1 Å². The minimum Gasteiger partial charge on any atom is -0.464 e. The highest BCUT2D eigenvalue weighted by Crippen LogP contribution is 2.31. The standard InChI is InChI=1S/C20H17NO4S/c1-15-11-13-17(14-12-15)21(20(22)23)26(24,25)19-10-6-5-9-18(19)16-7-3-2-4-8-16/h2-14H,1H3,(H,22,23). The van der Waals surface area contributed by atoms with E-state index in [0.717, 1.165) is 5.56 Å². The molecule has 0 unspecified atom stereocenters. The SMILES string of the molecule is Cc1ccc(N(C(=O)O)S(=O)(=O)c2ccccc2-c2ccccc2)cc1. The number of aryl methyl sites for hydroxylation is 1. The predicted molar refractivity (Wildman–Crippen MR) is 101 cm³/mol. The Kier molecular flexibility index (Phi) is 4.77. The number of hydrogen-bond donors (Lipinski definition) is 1. The summed E-state index contributed by atoms with van der Waals surface area (Å²) in [5.41, 5.74) is 2.12. The topological polar surface area (TPSA) is 74.7 Å². The number of nitrogens with zero attached hydrogens (tertiary/aromatic N) is 1. The molecule has 132 valence electrons. The fourth-order valence-corrected chi connectivity index (χ4v) is 4.19. The fraction of sp³-hybridized carbons (Fsp3) is 0.0500. The predicted octanol–water partition coefficient (Wildman–Crippen LogP) is 4.54. The lowest BCUT2D eigenvalue weighted by Gasteiger charge is -2.21. The quantitative estimate of drug-likeness (QED) is 0.735. The van der Waals surface area contributed by atoms with Crippen LogP contribution in [0.5, 0.6) is 0 Å². The normalized spacial score (nSPS) is 11.1. The third-order valence-corrected chi connectivity index (χ3v) is 5.69. The summed E-state index contributed by atoms with van der Waals surface area (Å²) in [6, 6.07) is 21.7. The van der Waals surface area contributed by atoms with Crippen LogP contribution < -0.4 is 4.31 Å². The number of hydrogen-bond acceptors (Lipinski definition) is 3. The van der Waals surface area contributed by atoms with Gasteiger partial charge in [0.1, 0.15) is 0 Å². The lowest BCUT2D eigenvalue weighted by Crippen LogP contribution is -2.36. The van der Waals surface area contributed by atoms with Gasteiger partial charge < -0.3 is 5.11 Å². The Balaban J connectivity index is 2.18. The molecule has 0 atom stereocenters. The summed E-state index contributed by atoms with van der Waals surface area (Å²) in [6.45, 7) is 1.84. The van der Waals surface area contributed by atoms with Crippen LogP contribution in [0.1, 0.15) is 5.56 Å². The monoisotopic (exact) mass is 367 g/mol. The molecule has 0 aliphatic carbocycles. The van der Waals surface area contributed by atoms with Gasteiger partial charge in [-0.3, -0.25) is 0 Å². The van der Waals surface area contributed by atoms with Gasteiger partial charge in [0, 0.05) is 5.56 Å². The van der Waals surface area contributed by atoms with Crippen LogP contribution in [0.4, 0.5) is 10.5 Å². The van der Waals surface area contributed by atoms with Gasteiger partial charge in [-0.15, -0.1) is 0 Å². The van der Waals surface area contributed by atoms with Crippen molar-refractivity contribution in [2.45, 2.75) is 11.8 Å². The van der Waals surface area contributed by atoms with Crippen LogP contribution in [-0.4, -0.2) is 19.6 Å². The molecule has 0 spiro atoms. The second kappa shape index (κ2) is 7.01. The first-order valence-electron chi connectivity index (χ1n) is 7.90. The Hall–Kier alpha value is -3.12. The third kappa shape index (κ3) is 3.32. The van der Waals surface area contributed by atoms with E-state index in [9.17, 15) is 18.3 Å². The summed E-state index contributed by atoms with van der Waals surface area (Å²) in [4.78, 5) is 11.7. The second-order valence-corrected chi connectivity index (χ2v) is 7.50. The van der Waals surface area contributed by atoms with E-state index in [1.54, 1.807) is 54.6 Å². The summed E-state index contributed by atoms with van der Waals surface area (Å²) in [5, 5.41) is 9.60. The van der Waals surface area contributed by atoms with Crippen molar-refractivity contribution in [2.24, 2.45) is 0 Å². The maximum Gasteiger partial charge on any atom is 0.426 e. The van der Waals surface area contributed by atoms with Gasteiger partial charge in [0.25, 0.3) is 10.0 Å². The van der Waals surface area contributed by atoms with E-state index >= 15 is 0 Å². The van der Waals surface area contributed by atoms with Gasteiger partial charge in [-0.05, 0) is 30.7 Å². The maximum absolute atomic E-state index is 13.2. The molecule has 3 aromatic rings. The van der Waals surface area contributed by atoms with Crippen molar-refractivity contribution in [3.05, 3.63) is 84.4 Å². The highest BCUT2D eigenvalue weighted by molar-refractivity contribution is 7.93. The summed E-state index contributed by atoms with van der Waals surface area (Å²) >= 11 is 0. The molecule has 1 amide bonds. The van der Waals surface area contributed by atoms with Gasteiger partial charge in [0.15, 0.2) is 0 Å². The van der Waals surface area contributed by atoms with E-state index in [1.165, 1.54) is 18.2 Å². The van der Waals surface area contributed by atoms with Crippen LogP contribution in [0.3, 0.4) is 0 Å². The Morgan fingerprint density at radius 2 is 1.42 bits per heavy atom. The van der Waals surface area contributed by atoms with Gasteiger partial charge in [-0.2, -0.15) is 4.31 Å². The third-order valence-electron chi connectivity index (χ3n) is 3.93. The van der Waals surface area contributed by atoms with Crippen molar-refractivity contribution in [1.82, 2.24) is 0 Å². The highest BCUT2D eigenvalue weighted by atomic mass is 32.2. The summed E-state index contributed by atoms with van der Waals surface area (Å²) < 4.78 is 26.8. The van der Waals surface area contributed by atoms with Crippen LogP contribution in [0.15, 0.2) is 83.8 Å². The summed E-state index contributed by atoms with van der Waals surface area (Å²) in [7, 11) is -4.31. The van der Waals surface area contributed by atoms with Crippen molar-refractivity contribution >= 4 is 21.8 Å². The molecule has 0 fully saturated rings. The molecule has 3 rings (SSSR count). The second-order valence-electron chi connectivity index (χ2n) is 5.75. The number of benzene rings is 3.